The molecular formula is C23H36N4O2S+2. The van der Waals surface area contributed by atoms with Crippen molar-refractivity contribution < 1.29 is 18.2 Å². The van der Waals surface area contributed by atoms with Crippen LogP contribution in [0.1, 0.15) is 17.2 Å². The van der Waals surface area contributed by atoms with E-state index >= 15 is 0 Å². The third kappa shape index (κ3) is 6.54. The molecule has 2 aromatic rings. The van der Waals surface area contributed by atoms with Crippen LogP contribution in [0.2, 0.25) is 0 Å². The highest BCUT2D eigenvalue weighted by Crippen LogP contribution is 2.16. The van der Waals surface area contributed by atoms with E-state index in [0.717, 1.165) is 37.4 Å². The molecule has 0 radical (unpaired) electrons. The Hall–Kier alpha value is -1.93. The lowest BCUT2D eigenvalue weighted by Crippen LogP contribution is -3.27. The van der Waals surface area contributed by atoms with Gasteiger partial charge in [-0.05, 0) is 24.1 Å². The van der Waals surface area contributed by atoms with E-state index in [1.807, 2.05) is 44.4 Å². The van der Waals surface area contributed by atoms with Crippen LogP contribution in [0.15, 0.2) is 54.6 Å². The molecule has 0 aromatic heterocycles. The van der Waals surface area contributed by atoms with E-state index in [4.69, 9.17) is 0 Å². The molecule has 1 aliphatic heterocycles. The van der Waals surface area contributed by atoms with Gasteiger partial charge in [0.05, 0.1) is 19.3 Å². The quantitative estimate of drug-likeness (QED) is 0.495. The number of hydrogen-bond donors (Lipinski definition) is 3. The van der Waals surface area contributed by atoms with Crippen molar-refractivity contribution >= 4 is 15.7 Å². The minimum atomic E-state index is -3.33. The molecule has 0 saturated carbocycles. The van der Waals surface area contributed by atoms with Crippen LogP contribution in [0.5, 0.6) is 0 Å². The van der Waals surface area contributed by atoms with E-state index in [9.17, 15) is 8.42 Å². The number of anilines is 1. The van der Waals surface area contributed by atoms with Gasteiger partial charge in [-0.25, -0.2) is 13.1 Å². The molecule has 2 aromatic carbocycles. The summed E-state index contributed by atoms with van der Waals surface area (Å²) in [6.07, 6.45) is 0.531. The minimum Gasteiger partial charge on any atom is -0.378 e. The Kier molecular flexibility index (Phi) is 7.88. The third-order valence-electron chi connectivity index (χ3n) is 6.06. The van der Waals surface area contributed by atoms with E-state index in [2.05, 4.69) is 40.9 Å². The lowest BCUT2D eigenvalue weighted by Gasteiger charge is -2.33. The van der Waals surface area contributed by atoms with Gasteiger partial charge >= 0.3 is 0 Å². The molecule has 0 amide bonds. The number of hydrogen-bond acceptors (Lipinski definition) is 3. The Labute approximate surface area is 181 Å². The predicted molar refractivity (Wildman–Crippen MR) is 123 cm³/mol. The smallest absolute Gasteiger partial charge is 0.212 e. The maximum absolute atomic E-state index is 12.7. The van der Waals surface area contributed by atoms with Crippen molar-refractivity contribution in [3.8, 4) is 0 Å². The maximum Gasteiger partial charge on any atom is 0.212 e. The van der Waals surface area contributed by atoms with Crippen molar-refractivity contribution in [1.29, 1.82) is 0 Å². The average Bonchev–Trinajstić information content (AvgIpc) is 2.75. The van der Waals surface area contributed by atoms with Gasteiger partial charge in [0.25, 0.3) is 0 Å². The van der Waals surface area contributed by atoms with E-state index in [1.54, 1.807) is 4.90 Å². The summed E-state index contributed by atoms with van der Waals surface area (Å²) in [6, 6.07) is 18.4. The highest BCUT2D eigenvalue weighted by atomic mass is 32.2. The Morgan fingerprint density at radius 2 is 1.60 bits per heavy atom. The predicted octanol–water partition coefficient (Wildman–Crippen LogP) is -0.631. The van der Waals surface area contributed by atoms with Crippen molar-refractivity contribution in [2.45, 2.75) is 12.5 Å². The Morgan fingerprint density at radius 1 is 0.967 bits per heavy atom. The summed E-state index contributed by atoms with van der Waals surface area (Å²) in [5, 5.41) is 0. The molecule has 1 fully saturated rings. The first-order chi connectivity index (χ1) is 14.3. The molecule has 30 heavy (non-hydrogen) atoms. The monoisotopic (exact) mass is 432 g/mol. The van der Waals surface area contributed by atoms with Crippen LogP contribution < -0.4 is 19.4 Å². The molecule has 7 heteroatoms. The lowest BCUT2D eigenvalue weighted by molar-refractivity contribution is -1.02. The van der Waals surface area contributed by atoms with Crippen molar-refractivity contribution in [2.24, 2.45) is 0 Å². The fourth-order valence-electron chi connectivity index (χ4n) is 4.03. The molecule has 1 saturated heterocycles. The summed E-state index contributed by atoms with van der Waals surface area (Å²) in [5.74, 6) is 0.117. The molecule has 0 unspecified atom stereocenters. The minimum absolute atomic E-state index is 0.117. The number of rotatable bonds is 9. The van der Waals surface area contributed by atoms with Crippen LogP contribution in [0.3, 0.4) is 0 Å². The van der Waals surface area contributed by atoms with Gasteiger partial charge in [-0.3, -0.25) is 0 Å². The summed E-state index contributed by atoms with van der Waals surface area (Å²) >= 11 is 0. The van der Waals surface area contributed by atoms with E-state index < -0.39 is 10.0 Å². The van der Waals surface area contributed by atoms with Crippen LogP contribution in [0.4, 0.5) is 5.69 Å². The number of benzene rings is 2. The number of likely N-dealkylation sites (N-methyl/N-ethyl adjacent to an activating group) is 1. The fourth-order valence-corrected chi connectivity index (χ4v) is 5.10. The summed E-state index contributed by atoms with van der Waals surface area (Å²) in [4.78, 5) is 5.09. The van der Waals surface area contributed by atoms with Crippen LogP contribution in [-0.4, -0.2) is 68.0 Å². The number of nitrogens with zero attached hydrogens (tertiary/aromatic N) is 1. The molecule has 0 spiro atoms. The lowest BCUT2D eigenvalue weighted by atomic mass is 10.0. The van der Waals surface area contributed by atoms with Crippen LogP contribution in [0, 0.1) is 0 Å². The summed E-state index contributed by atoms with van der Waals surface area (Å²) in [5.41, 5.74) is 3.39. The SMILES string of the molecule is CN(C)c1ccc([C@H](CNS(=O)(=O)CCc2ccccc2)[NH+]2CC[NH+](C)CC2)cc1. The topological polar surface area (TPSA) is 58.3 Å². The third-order valence-corrected chi connectivity index (χ3v) is 7.41. The largest absolute Gasteiger partial charge is 0.378 e. The molecule has 164 valence electrons. The van der Waals surface area contributed by atoms with E-state index in [0.29, 0.717) is 13.0 Å². The first kappa shape index (κ1) is 22.7. The molecule has 0 bridgehead atoms. The van der Waals surface area contributed by atoms with Crippen LogP contribution in [0.25, 0.3) is 0 Å². The number of sulfonamides is 1. The zero-order valence-electron chi connectivity index (χ0n) is 18.4. The number of quaternary nitrogens is 2. The number of aryl methyl sites for hydroxylation is 1. The van der Waals surface area contributed by atoms with Crippen molar-refractivity contribution in [2.75, 3.05) is 64.5 Å². The Balaban J connectivity index is 1.68. The van der Waals surface area contributed by atoms with Crippen LogP contribution in [-0.2, 0) is 16.4 Å². The van der Waals surface area contributed by atoms with Gasteiger partial charge < -0.3 is 14.7 Å². The van der Waals surface area contributed by atoms with Gasteiger partial charge in [0, 0.05) is 25.3 Å². The van der Waals surface area contributed by atoms with Gasteiger partial charge in [0.15, 0.2) is 0 Å². The summed E-state index contributed by atoms with van der Waals surface area (Å²) < 4.78 is 28.3. The molecular weight excluding hydrogens is 396 g/mol. The Bertz CT molecular complexity index is 877. The number of nitrogens with one attached hydrogen (secondary N) is 3. The molecule has 1 atom stereocenters. The normalized spacial score (nSPS) is 20.6. The molecule has 1 heterocycles. The summed E-state index contributed by atoms with van der Waals surface area (Å²) in [7, 11) is 2.95. The van der Waals surface area contributed by atoms with Crippen LogP contribution >= 0.6 is 0 Å². The van der Waals surface area contributed by atoms with Gasteiger partial charge in [-0.1, -0.05) is 42.5 Å². The zero-order chi connectivity index (χ0) is 21.6. The van der Waals surface area contributed by atoms with Crippen molar-refractivity contribution in [3.63, 3.8) is 0 Å². The maximum atomic E-state index is 12.7. The Morgan fingerprint density at radius 3 is 2.20 bits per heavy atom. The molecule has 0 aliphatic carbocycles. The highest BCUT2D eigenvalue weighted by molar-refractivity contribution is 7.89. The van der Waals surface area contributed by atoms with Crippen molar-refractivity contribution in [1.82, 2.24) is 4.72 Å². The average molecular weight is 433 g/mol. The van der Waals surface area contributed by atoms with Crippen molar-refractivity contribution in [3.05, 3.63) is 65.7 Å². The molecule has 3 rings (SSSR count). The first-order valence-electron chi connectivity index (χ1n) is 10.8. The van der Waals surface area contributed by atoms with Gasteiger partial charge in [0.2, 0.25) is 10.0 Å². The van der Waals surface area contributed by atoms with E-state index in [-0.39, 0.29) is 11.8 Å². The second kappa shape index (κ2) is 10.4. The first-order valence-corrected chi connectivity index (χ1v) is 12.4. The number of piperazine rings is 1. The zero-order valence-corrected chi connectivity index (χ0v) is 19.2. The van der Waals surface area contributed by atoms with Gasteiger partial charge in [-0.2, -0.15) is 0 Å². The second-order valence-corrected chi connectivity index (χ2v) is 10.5. The molecule has 6 nitrogen and oxygen atoms in total. The van der Waals surface area contributed by atoms with Gasteiger partial charge in [0.1, 0.15) is 32.2 Å². The molecule has 3 N–H and O–H groups in total. The standard InChI is InChI=1S/C23H34N4O2S/c1-25(2)22-11-9-21(10-12-22)23(27-16-14-26(3)15-17-27)19-24-30(28,29)18-13-20-7-5-4-6-8-20/h4-12,23-24H,13-19H2,1-3H3/p+2/t23-/m0/s1. The highest BCUT2D eigenvalue weighted by Gasteiger charge is 2.30. The van der Waals surface area contributed by atoms with E-state index in [1.165, 1.54) is 10.5 Å². The molecule has 1 aliphatic rings. The summed E-state index contributed by atoms with van der Waals surface area (Å²) in [6.45, 7) is 4.77. The second-order valence-electron chi connectivity index (χ2n) is 8.56. The fraction of sp³-hybridized carbons (Fsp3) is 0.478. The van der Waals surface area contributed by atoms with Gasteiger partial charge in [-0.15, -0.1) is 0 Å².